The fraction of sp³-hybridized carbons (Fsp3) is 0.846. The highest BCUT2D eigenvalue weighted by Gasteiger charge is 2.42. The molecule has 2 rings (SSSR count). The highest BCUT2D eigenvalue weighted by molar-refractivity contribution is 5.82. The summed E-state index contributed by atoms with van der Waals surface area (Å²) in [6.45, 7) is 5.81. The summed E-state index contributed by atoms with van der Waals surface area (Å²) in [6.07, 6.45) is 2.55. The molecule has 1 amide bonds. The SMILES string of the molecule is CCOC(=O)C1CCN(C(=O)C2CC2C)CC1. The summed E-state index contributed by atoms with van der Waals surface area (Å²) < 4.78 is 5.01. The lowest BCUT2D eigenvalue weighted by Gasteiger charge is -2.31. The topological polar surface area (TPSA) is 46.6 Å². The molecular formula is C13H21NO3. The third-order valence-corrected chi connectivity index (χ3v) is 3.85. The van der Waals surface area contributed by atoms with Crippen LogP contribution in [-0.2, 0) is 14.3 Å². The third-order valence-electron chi connectivity index (χ3n) is 3.85. The first-order chi connectivity index (χ1) is 8.13. The van der Waals surface area contributed by atoms with E-state index in [1.54, 1.807) is 0 Å². The molecule has 2 unspecified atom stereocenters. The van der Waals surface area contributed by atoms with Crippen LogP contribution in [0.2, 0.25) is 0 Å². The number of hydrogen-bond donors (Lipinski definition) is 0. The summed E-state index contributed by atoms with van der Waals surface area (Å²) in [7, 11) is 0. The second-order valence-electron chi connectivity index (χ2n) is 5.17. The molecule has 1 saturated carbocycles. The molecule has 0 aromatic carbocycles. The highest BCUT2D eigenvalue weighted by atomic mass is 16.5. The summed E-state index contributed by atoms with van der Waals surface area (Å²) in [5.41, 5.74) is 0. The number of hydrogen-bond acceptors (Lipinski definition) is 3. The standard InChI is InChI=1S/C13H21NO3/c1-3-17-13(16)10-4-6-14(7-5-10)12(15)11-8-9(11)2/h9-11H,3-8H2,1-2H3. The third kappa shape index (κ3) is 2.79. The van der Waals surface area contributed by atoms with Gasteiger partial charge in [-0.2, -0.15) is 0 Å². The van der Waals surface area contributed by atoms with Crippen molar-refractivity contribution >= 4 is 11.9 Å². The van der Waals surface area contributed by atoms with Crippen LogP contribution in [0.3, 0.4) is 0 Å². The minimum Gasteiger partial charge on any atom is -0.466 e. The summed E-state index contributed by atoms with van der Waals surface area (Å²) in [4.78, 5) is 25.5. The number of piperidine rings is 1. The lowest BCUT2D eigenvalue weighted by molar-refractivity contribution is -0.151. The summed E-state index contributed by atoms with van der Waals surface area (Å²) >= 11 is 0. The van der Waals surface area contributed by atoms with Crippen molar-refractivity contribution in [1.29, 1.82) is 0 Å². The first kappa shape index (κ1) is 12.4. The van der Waals surface area contributed by atoms with Gasteiger partial charge in [-0.05, 0) is 32.1 Å². The molecule has 0 radical (unpaired) electrons. The van der Waals surface area contributed by atoms with E-state index in [2.05, 4.69) is 6.92 Å². The van der Waals surface area contributed by atoms with Gasteiger partial charge in [0.2, 0.25) is 5.91 Å². The van der Waals surface area contributed by atoms with Gasteiger partial charge in [0, 0.05) is 19.0 Å². The molecule has 17 heavy (non-hydrogen) atoms. The number of carbonyl (C=O) groups excluding carboxylic acids is 2. The molecule has 1 aliphatic heterocycles. The quantitative estimate of drug-likeness (QED) is 0.700. The predicted octanol–water partition coefficient (Wildman–Crippen LogP) is 1.44. The zero-order valence-electron chi connectivity index (χ0n) is 10.6. The van der Waals surface area contributed by atoms with Crippen LogP contribution in [0.15, 0.2) is 0 Å². The molecule has 0 N–H and O–H groups in total. The zero-order valence-corrected chi connectivity index (χ0v) is 10.6. The number of rotatable bonds is 3. The number of esters is 1. The van der Waals surface area contributed by atoms with E-state index in [4.69, 9.17) is 4.74 Å². The number of carbonyl (C=O) groups is 2. The average molecular weight is 239 g/mol. The van der Waals surface area contributed by atoms with Crippen LogP contribution in [0.4, 0.5) is 0 Å². The molecule has 96 valence electrons. The second kappa shape index (κ2) is 5.07. The Labute approximate surface area is 102 Å². The van der Waals surface area contributed by atoms with Gasteiger partial charge in [0.15, 0.2) is 0 Å². The Balaban J connectivity index is 1.78. The normalized spacial score (nSPS) is 28.9. The molecule has 1 aliphatic carbocycles. The van der Waals surface area contributed by atoms with E-state index in [1.165, 1.54) is 0 Å². The maximum absolute atomic E-state index is 12.0. The summed E-state index contributed by atoms with van der Waals surface area (Å²) in [6, 6.07) is 0. The molecule has 1 saturated heterocycles. The van der Waals surface area contributed by atoms with Gasteiger partial charge in [0.1, 0.15) is 0 Å². The maximum atomic E-state index is 12.0. The van der Waals surface area contributed by atoms with Gasteiger partial charge in [-0.25, -0.2) is 0 Å². The van der Waals surface area contributed by atoms with Gasteiger partial charge >= 0.3 is 5.97 Å². The smallest absolute Gasteiger partial charge is 0.309 e. The molecule has 2 aliphatic rings. The van der Waals surface area contributed by atoms with Crippen molar-refractivity contribution in [2.75, 3.05) is 19.7 Å². The Morgan fingerprint density at radius 1 is 1.29 bits per heavy atom. The van der Waals surface area contributed by atoms with Crippen LogP contribution in [-0.4, -0.2) is 36.5 Å². The Morgan fingerprint density at radius 2 is 1.88 bits per heavy atom. The Kier molecular flexibility index (Phi) is 3.69. The van der Waals surface area contributed by atoms with E-state index in [9.17, 15) is 9.59 Å². The fourth-order valence-corrected chi connectivity index (χ4v) is 2.50. The number of ether oxygens (including phenoxy) is 1. The first-order valence-corrected chi connectivity index (χ1v) is 6.59. The first-order valence-electron chi connectivity index (χ1n) is 6.59. The van der Waals surface area contributed by atoms with Crippen molar-refractivity contribution in [3.8, 4) is 0 Å². The van der Waals surface area contributed by atoms with E-state index in [-0.39, 0.29) is 17.8 Å². The van der Waals surface area contributed by atoms with Crippen LogP contribution in [0.25, 0.3) is 0 Å². The van der Waals surface area contributed by atoms with Gasteiger partial charge in [-0.1, -0.05) is 6.92 Å². The van der Waals surface area contributed by atoms with Crippen LogP contribution >= 0.6 is 0 Å². The molecule has 1 heterocycles. The van der Waals surface area contributed by atoms with Crippen molar-refractivity contribution < 1.29 is 14.3 Å². The maximum Gasteiger partial charge on any atom is 0.309 e. The highest BCUT2D eigenvalue weighted by Crippen LogP contribution is 2.39. The lowest BCUT2D eigenvalue weighted by Crippen LogP contribution is -2.41. The predicted molar refractivity (Wildman–Crippen MR) is 63.2 cm³/mol. The largest absolute Gasteiger partial charge is 0.466 e. The molecule has 0 spiro atoms. The van der Waals surface area contributed by atoms with Crippen molar-refractivity contribution in [3.63, 3.8) is 0 Å². The van der Waals surface area contributed by atoms with E-state index < -0.39 is 0 Å². The van der Waals surface area contributed by atoms with E-state index >= 15 is 0 Å². The molecule has 0 aromatic heterocycles. The van der Waals surface area contributed by atoms with Crippen molar-refractivity contribution in [2.24, 2.45) is 17.8 Å². The van der Waals surface area contributed by atoms with Gasteiger partial charge in [-0.3, -0.25) is 9.59 Å². The average Bonchev–Trinajstić information content (AvgIpc) is 3.06. The summed E-state index contributed by atoms with van der Waals surface area (Å²) in [5.74, 6) is 1.01. The number of amides is 1. The van der Waals surface area contributed by atoms with Crippen molar-refractivity contribution in [3.05, 3.63) is 0 Å². The van der Waals surface area contributed by atoms with Crippen LogP contribution in [0.5, 0.6) is 0 Å². The van der Waals surface area contributed by atoms with Gasteiger partial charge in [-0.15, -0.1) is 0 Å². The van der Waals surface area contributed by atoms with Crippen molar-refractivity contribution in [1.82, 2.24) is 4.90 Å². The molecule has 4 nitrogen and oxygen atoms in total. The zero-order chi connectivity index (χ0) is 12.4. The Morgan fingerprint density at radius 3 is 2.35 bits per heavy atom. The lowest BCUT2D eigenvalue weighted by atomic mass is 9.96. The molecule has 2 atom stereocenters. The molecule has 2 fully saturated rings. The minimum atomic E-state index is -0.0978. The van der Waals surface area contributed by atoms with E-state index in [0.29, 0.717) is 31.5 Å². The number of likely N-dealkylation sites (tertiary alicyclic amines) is 1. The van der Waals surface area contributed by atoms with Crippen LogP contribution < -0.4 is 0 Å². The summed E-state index contributed by atoms with van der Waals surface area (Å²) in [5, 5.41) is 0. The second-order valence-corrected chi connectivity index (χ2v) is 5.17. The van der Waals surface area contributed by atoms with Crippen LogP contribution in [0.1, 0.15) is 33.1 Å². The van der Waals surface area contributed by atoms with Crippen molar-refractivity contribution in [2.45, 2.75) is 33.1 Å². The Hall–Kier alpha value is -1.06. The molecule has 0 bridgehead atoms. The van der Waals surface area contributed by atoms with E-state index in [0.717, 1.165) is 19.3 Å². The molecule has 4 heteroatoms. The van der Waals surface area contributed by atoms with Gasteiger partial charge in [0.25, 0.3) is 0 Å². The van der Waals surface area contributed by atoms with Gasteiger partial charge in [0.05, 0.1) is 12.5 Å². The van der Waals surface area contributed by atoms with Crippen LogP contribution in [0, 0.1) is 17.8 Å². The van der Waals surface area contributed by atoms with Gasteiger partial charge < -0.3 is 9.64 Å². The minimum absolute atomic E-state index is 0.00405. The monoisotopic (exact) mass is 239 g/mol. The van der Waals surface area contributed by atoms with E-state index in [1.807, 2.05) is 11.8 Å². The fourth-order valence-electron chi connectivity index (χ4n) is 2.50. The Bertz CT molecular complexity index is 308. The molecule has 0 aromatic rings. The number of nitrogens with zero attached hydrogens (tertiary/aromatic N) is 1. The molecular weight excluding hydrogens is 218 g/mol.